The van der Waals surface area contributed by atoms with Crippen molar-refractivity contribution in [3.05, 3.63) is 75.6 Å². The number of carbonyl (C=O) groups excluding carboxylic acids is 1. The van der Waals surface area contributed by atoms with Crippen LogP contribution in [0.5, 0.6) is 5.75 Å². The molecule has 1 amide bonds. The number of thioether (sulfide) groups is 1. The van der Waals surface area contributed by atoms with Crippen LogP contribution >= 0.6 is 11.8 Å². The molecule has 8 heteroatoms. The first-order chi connectivity index (χ1) is 16.0. The highest BCUT2D eigenvalue weighted by atomic mass is 32.2. The molecule has 0 saturated carbocycles. The number of nitrogens with one attached hydrogen (secondary N) is 1. The van der Waals surface area contributed by atoms with Crippen molar-refractivity contribution in [2.75, 3.05) is 12.4 Å². The van der Waals surface area contributed by atoms with Crippen molar-refractivity contribution in [3.8, 4) is 5.75 Å². The largest absolute Gasteiger partial charge is 0.484 e. The van der Waals surface area contributed by atoms with Gasteiger partial charge in [0.2, 0.25) is 0 Å². The van der Waals surface area contributed by atoms with E-state index in [4.69, 9.17) is 9.15 Å². The molecule has 1 heterocycles. The van der Waals surface area contributed by atoms with Crippen LogP contribution in [0.15, 0.2) is 57.7 Å². The molecule has 0 aliphatic heterocycles. The van der Waals surface area contributed by atoms with Gasteiger partial charge in [-0.2, -0.15) is 11.8 Å². The van der Waals surface area contributed by atoms with E-state index in [0.29, 0.717) is 17.1 Å². The molecule has 33 heavy (non-hydrogen) atoms. The zero-order valence-corrected chi connectivity index (χ0v) is 18.9. The predicted octanol–water partition coefficient (Wildman–Crippen LogP) is 3.55. The maximum absolute atomic E-state index is 12.3. The van der Waals surface area contributed by atoms with Crippen molar-refractivity contribution < 1.29 is 23.8 Å². The van der Waals surface area contributed by atoms with Crippen molar-refractivity contribution in [3.63, 3.8) is 0 Å². The van der Waals surface area contributed by atoms with E-state index < -0.39 is 17.9 Å². The Kier molecular flexibility index (Phi) is 7.34. The van der Waals surface area contributed by atoms with Crippen LogP contribution < -0.4 is 15.7 Å². The summed E-state index contributed by atoms with van der Waals surface area (Å²) in [5.74, 6) is -0.358. The molecule has 1 aromatic heterocycles. The van der Waals surface area contributed by atoms with Gasteiger partial charge in [-0.3, -0.25) is 4.79 Å². The lowest BCUT2D eigenvalue weighted by Gasteiger charge is -2.17. The van der Waals surface area contributed by atoms with Gasteiger partial charge >= 0.3 is 11.6 Å². The molecule has 1 atom stereocenters. The Morgan fingerprint density at radius 3 is 2.61 bits per heavy atom. The average molecular weight is 468 g/mol. The number of rotatable bonds is 9. The van der Waals surface area contributed by atoms with E-state index in [1.807, 2.05) is 36.4 Å². The van der Waals surface area contributed by atoms with Gasteiger partial charge in [-0.25, -0.2) is 9.59 Å². The van der Waals surface area contributed by atoms with E-state index in [1.54, 1.807) is 12.1 Å². The van der Waals surface area contributed by atoms with Gasteiger partial charge < -0.3 is 19.6 Å². The minimum Gasteiger partial charge on any atom is -0.484 e. The van der Waals surface area contributed by atoms with Gasteiger partial charge in [0, 0.05) is 28.5 Å². The second kappa shape index (κ2) is 10.6. The minimum absolute atomic E-state index is 0.238. The first-order valence-electron chi connectivity index (χ1n) is 10.9. The average Bonchev–Trinajstić information content (AvgIpc) is 2.82. The van der Waals surface area contributed by atoms with Crippen LogP contribution in [0, 0.1) is 0 Å². The summed E-state index contributed by atoms with van der Waals surface area (Å²) >= 11 is 1.43. The zero-order valence-electron chi connectivity index (χ0n) is 18.0. The van der Waals surface area contributed by atoms with Gasteiger partial charge in [-0.1, -0.05) is 30.3 Å². The Bertz CT molecular complexity index is 1210. The van der Waals surface area contributed by atoms with Crippen molar-refractivity contribution in [2.45, 2.75) is 37.5 Å². The van der Waals surface area contributed by atoms with Crippen molar-refractivity contribution in [1.82, 2.24) is 5.32 Å². The van der Waals surface area contributed by atoms with E-state index in [0.717, 1.165) is 47.8 Å². The molecule has 1 aliphatic rings. The van der Waals surface area contributed by atoms with Crippen molar-refractivity contribution >= 4 is 34.6 Å². The van der Waals surface area contributed by atoms with E-state index >= 15 is 0 Å². The second-order valence-electron chi connectivity index (χ2n) is 7.96. The summed E-state index contributed by atoms with van der Waals surface area (Å²) in [5, 5.41) is 12.8. The zero-order chi connectivity index (χ0) is 23.2. The Morgan fingerprint density at radius 2 is 1.85 bits per heavy atom. The number of ether oxygens (including phenoxy) is 1. The maximum atomic E-state index is 12.3. The lowest BCUT2D eigenvalue weighted by Crippen LogP contribution is -2.44. The normalized spacial score (nSPS) is 13.8. The highest BCUT2D eigenvalue weighted by Gasteiger charge is 2.21. The molecule has 0 radical (unpaired) electrons. The number of aliphatic carboxylic acids is 1. The number of fused-ring (bicyclic) bond motifs is 3. The van der Waals surface area contributed by atoms with Crippen molar-refractivity contribution in [2.24, 2.45) is 0 Å². The topological polar surface area (TPSA) is 106 Å². The Balaban J connectivity index is 1.34. The lowest BCUT2D eigenvalue weighted by atomic mass is 9.91. The molecule has 1 aliphatic carbocycles. The number of hydrogen-bond donors (Lipinski definition) is 2. The van der Waals surface area contributed by atoms with Crippen LogP contribution in [0.25, 0.3) is 11.0 Å². The number of hydrogen-bond acceptors (Lipinski definition) is 6. The van der Waals surface area contributed by atoms with Crippen LogP contribution in [-0.4, -0.2) is 35.4 Å². The van der Waals surface area contributed by atoms with Crippen LogP contribution in [0.1, 0.15) is 29.5 Å². The molecule has 7 nitrogen and oxygen atoms in total. The van der Waals surface area contributed by atoms with E-state index in [2.05, 4.69) is 5.32 Å². The number of carboxylic acid groups (broad SMARTS) is 1. The molecule has 172 valence electrons. The fraction of sp³-hybridized carbons (Fsp3) is 0.320. The molecule has 2 N–H and O–H groups in total. The SMILES string of the molecule is O=C(COc1ccc2c3c(c(=O)oc2c1)CCCC3)NC(CSCc1ccccc1)C(=O)O. The monoisotopic (exact) mass is 467 g/mol. The molecule has 3 aromatic rings. The van der Waals surface area contributed by atoms with E-state index in [1.165, 1.54) is 11.8 Å². The fourth-order valence-corrected chi connectivity index (χ4v) is 4.95. The molecule has 0 saturated heterocycles. The van der Waals surface area contributed by atoms with Crippen LogP contribution in [-0.2, 0) is 28.2 Å². The summed E-state index contributed by atoms with van der Waals surface area (Å²) < 4.78 is 11.0. The fourth-order valence-electron chi connectivity index (χ4n) is 3.94. The Morgan fingerprint density at radius 1 is 1.09 bits per heavy atom. The number of aryl methyl sites for hydroxylation is 1. The van der Waals surface area contributed by atoms with Gasteiger partial charge in [0.25, 0.3) is 5.91 Å². The molecule has 0 bridgehead atoms. The summed E-state index contributed by atoms with van der Waals surface area (Å²) in [6.07, 6.45) is 3.61. The summed E-state index contributed by atoms with van der Waals surface area (Å²) in [7, 11) is 0. The molecule has 4 rings (SSSR count). The molecule has 0 fully saturated rings. The van der Waals surface area contributed by atoms with Gasteiger partial charge in [0.05, 0.1) is 0 Å². The predicted molar refractivity (Wildman–Crippen MR) is 127 cm³/mol. The third-order valence-electron chi connectivity index (χ3n) is 5.59. The van der Waals surface area contributed by atoms with Gasteiger partial charge in [0.1, 0.15) is 17.4 Å². The first kappa shape index (κ1) is 22.9. The molecule has 2 aromatic carbocycles. The van der Waals surface area contributed by atoms with Crippen LogP contribution in [0.3, 0.4) is 0 Å². The Hall–Kier alpha value is -3.26. The smallest absolute Gasteiger partial charge is 0.339 e. The number of carboxylic acids is 1. The second-order valence-corrected chi connectivity index (χ2v) is 8.99. The summed E-state index contributed by atoms with van der Waals surface area (Å²) in [5.41, 5.74) is 3.00. The maximum Gasteiger partial charge on any atom is 0.339 e. The number of carbonyl (C=O) groups is 2. The summed E-state index contributed by atoms with van der Waals surface area (Å²) in [6.45, 7) is -0.339. The standard InChI is InChI=1S/C25H25NO6S/c27-23(26-21(24(28)29)15-33-14-16-6-2-1-3-7-16)13-31-17-10-11-19-18-8-4-5-9-20(18)25(30)32-22(19)12-17/h1-3,6-7,10-12,21H,4-5,8-9,13-15H2,(H,26,27)(H,28,29). The quantitative estimate of drug-likeness (QED) is 0.464. The van der Waals surface area contributed by atoms with Gasteiger partial charge in [-0.05, 0) is 48.9 Å². The summed E-state index contributed by atoms with van der Waals surface area (Å²) in [4.78, 5) is 36.1. The molecular formula is C25H25NO6S. The number of amides is 1. The molecule has 1 unspecified atom stereocenters. The third kappa shape index (κ3) is 5.76. The molecule has 0 spiro atoms. The third-order valence-corrected chi connectivity index (χ3v) is 6.70. The van der Waals surface area contributed by atoms with Crippen LogP contribution in [0.4, 0.5) is 0 Å². The highest BCUT2D eigenvalue weighted by Crippen LogP contribution is 2.29. The minimum atomic E-state index is -1.10. The lowest BCUT2D eigenvalue weighted by molar-refractivity contribution is -0.141. The van der Waals surface area contributed by atoms with Crippen molar-refractivity contribution in [1.29, 1.82) is 0 Å². The highest BCUT2D eigenvalue weighted by molar-refractivity contribution is 7.98. The Labute approximate surface area is 195 Å². The first-order valence-corrected chi connectivity index (χ1v) is 12.0. The van der Waals surface area contributed by atoms with Gasteiger partial charge in [0.15, 0.2) is 6.61 Å². The number of benzene rings is 2. The van der Waals surface area contributed by atoms with E-state index in [-0.39, 0.29) is 18.0 Å². The van der Waals surface area contributed by atoms with Gasteiger partial charge in [-0.15, -0.1) is 0 Å². The van der Waals surface area contributed by atoms with E-state index in [9.17, 15) is 19.5 Å². The summed E-state index contributed by atoms with van der Waals surface area (Å²) in [6, 6.07) is 13.9. The van der Waals surface area contributed by atoms with Crippen LogP contribution in [0.2, 0.25) is 0 Å². The molecular weight excluding hydrogens is 442 g/mol.